The smallest absolute Gasteiger partial charge is 0.336 e. The second-order valence-electron chi connectivity index (χ2n) is 5.52. The molecule has 1 amide bonds. The van der Waals surface area contributed by atoms with Gasteiger partial charge in [-0.1, -0.05) is 0 Å². The number of nitrogens with zero attached hydrogens (tertiary/aromatic N) is 2. The number of nitriles is 1. The average Bonchev–Trinajstić information content (AvgIpc) is 3.24. The van der Waals surface area contributed by atoms with Gasteiger partial charge in [0.15, 0.2) is 0 Å². The molecule has 5 nitrogen and oxygen atoms in total. The van der Waals surface area contributed by atoms with E-state index >= 15 is 0 Å². The minimum absolute atomic E-state index is 0.0414. The largest absolute Gasteiger partial charge is 0.417 e. The van der Waals surface area contributed by atoms with Gasteiger partial charge in [-0.3, -0.25) is 9.59 Å². The summed E-state index contributed by atoms with van der Waals surface area (Å²) in [4.78, 5) is 23.5. The maximum absolute atomic E-state index is 12.6. The molecule has 1 aromatic heterocycles. The van der Waals surface area contributed by atoms with Gasteiger partial charge in [0.05, 0.1) is 11.6 Å². The van der Waals surface area contributed by atoms with E-state index in [1.807, 2.05) is 6.07 Å². The summed E-state index contributed by atoms with van der Waals surface area (Å²) in [6.07, 6.45) is -2.37. The Hall–Kier alpha value is -2.30. The molecule has 0 aliphatic heterocycles. The monoisotopic (exact) mass is 313 g/mol. The number of hydrogen-bond acceptors (Lipinski definition) is 3. The summed E-state index contributed by atoms with van der Waals surface area (Å²) in [7, 11) is 0. The minimum Gasteiger partial charge on any atom is -0.336 e. The number of carbonyl (C=O) groups excluding carboxylic acids is 1. The van der Waals surface area contributed by atoms with Crippen molar-refractivity contribution in [3.63, 3.8) is 0 Å². The van der Waals surface area contributed by atoms with Crippen LogP contribution in [0.1, 0.15) is 25.3 Å². The fourth-order valence-electron chi connectivity index (χ4n) is 2.19. The highest BCUT2D eigenvalue weighted by Crippen LogP contribution is 2.39. The van der Waals surface area contributed by atoms with Crippen molar-refractivity contribution in [2.45, 2.75) is 38.0 Å². The van der Waals surface area contributed by atoms with E-state index in [1.165, 1.54) is 0 Å². The number of carbonyl (C=O) groups is 1. The zero-order chi connectivity index (χ0) is 16.5. The van der Waals surface area contributed by atoms with Gasteiger partial charge in [-0.15, -0.1) is 0 Å². The summed E-state index contributed by atoms with van der Waals surface area (Å²) in [5.74, 6) is -0.628. The van der Waals surface area contributed by atoms with Crippen LogP contribution in [0.4, 0.5) is 13.2 Å². The molecule has 22 heavy (non-hydrogen) atoms. The summed E-state index contributed by atoms with van der Waals surface area (Å²) in [6, 6.07) is 3.44. The van der Waals surface area contributed by atoms with Crippen molar-refractivity contribution in [3.8, 4) is 6.07 Å². The normalized spacial score (nSPS) is 17.4. The summed E-state index contributed by atoms with van der Waals surface area (Å²) < 4.78 is 38.5. The number of nitrogens with one attached hydrogen (secondary N) is 1. The molecule has 1 saturated carbocycles. The fraction of sp³-hybridized carbons (Fsp3) is 0.500. The number of aromatic nitrogens is 1. The number of amides is 1. The maximum Gasteiger partial charge on any atom is 0.417 e. The predicted molar refractivity (Wildman–Crippen MR) is 70.6 cm³/mol. The lowest BCUT2D eigenvalue weighted by atomic mass is 9.98. The number of hydrogen-bond donors (Lipinski definition) is 1. The lowest BCUT2D eigenvalue weighted by Crippen LogP contribution is -2.48. The minimum atomic E-state index is -4.60. The van der Waals surface area contributed by atoms with Gasteiger partial charge in [-0.05, 0) is 31.7 Å². The van der Waals surface area contributed by atoms with E-state index in [2.05, 4.69) is 5.32 Å². The van der Waals surface area contributed by atoms with Gasteiger partial charge in [-0.2, -0.15) is 18.4 Å². The van der Waals surface area contributed by atoms with Crippen molar-refractivity contribution in [2.75, 3.05) is 0 Å². The van der Waals surface area contributed by atoms with Gasteiger partial charge in [0.1, 0.15) is 12.1 Å². The molecule has 0 spiro atoms. The molecule has 118 valence electrons. The van der Waals surface area contributed by atoms with Crippen molar-refractivity contribution in [2.24, 2.45) is 5.92 Å². The SMILES string of the molecule is CC(C#N)(NC(=O)Cn1cc(C(F)(F)F)ccc1=O)C1CC1. The van der Waals surface area contributed by atoms with Crippen LogP contribution in [0.2, 0.25) is 0 Å². The van der Waals surface area contributed by atoms with Crippen molar-refractivity contribution in [3.05, 3.63) is 34.2 Å². The molecule has 1 N–H and O–H groups in total. The first-order valence-electron chi connectivity index (χ1n) is 6.65. The van der Waals surface area contributed by atoms with Crippen LogP contribution in [0.25, 0.3) is 0 Å². The van der Waals surface area contributed by atoms with E-state index in [9.17, 15) is 22.8 Å². The molecule has 2 rings (SSSR count). The van der Waals surface area contributed by atoms with Crippen LogP contribution < -0.4 is 10.9 Å². The molecule has 0 aromatic carbocycles. The molecule has 0 radical (unpaired) electrons. The molecular weight excluding hydrogens is 299 g/mol. The summed E-state index contributed by atoms with van der Waals surface area (Å²) in [5.41, 5.74) is -2.78. The molecule has 0 bridgehead atoms. The van der Waals surface area contributed by atoms with Crippen LogP contribution in [-0.4, -0.2) is 16.0 Å². The second kappa shape index (κ2) is 5.48. The van der Waals surface area contributed by atoms with Crippen molar-refractivity contribution in [1.29, 1.82) is 5.26 Å². The third kappa shape index (κ3) is 3.47. The third-order valence-corrected chi connectivity index (χ3v) is 3.65. The Balaban J connectivity index is 2.15. The summed E-state index contributed by atoms with van der Waals surface area (Å²) >= 11 is 0. The molecule has 1 heterocycles. The Labute approximate surface area is 124 Å². The Morgan fingerprint density at radius 2 is 2.09 bits per heavy atom. The number of halogens is 3. The van der Waals surface area contributed by atoms with E-state index in [4.69, 9.17) is 5.26 Å². The average molecular weight is 313 g/mol. The van der Waals surface area contributed by atoms with E-state index in [0.29, 0.717) is 16.8 Å². The fourth-order valence-corrected chi connectivity index (χ4v) is 2.19. The Morgan fingerprint density at radius 3 is 2.59 bits per heavy atom. The number of alkyl halides is 3. The van der Waals surface area contributed by atoms with Crippen LogP contribution in [-0.2, 0) is 17.5 Å². The molecule has 1 unspecified atom stereocenters. The lowest BCUT2D eigenvalue weighted by Gasteiger charge is -2.23. The van der Waals surface area contributed by atoms with Crippen molar-refractivity contribution in [1.82, 2.24) is 9.88 Å². The second-order valence-corrected chi connectivity index (χ2v) is 5.52. The topological polar surface area (TPSA) is 74.9 Å². The van der Waals surface area contributed by atoms with E-state index < -0.39 is 35.3 Å². The number of pyridine rings is 1. The first-order valence-corrected chi connectivity index (χ1v) is 6.65. The summed E-state index contributed by atoms with van der Waals surface area (Å²) in [5, 5.41) is 11.6. The Kier molecular flexibility index (Phi) is 4.00. The summed E-state index contributed by atoms with van der Waals surface area (Å²) in [6.45, 7) is 1.00. The van der Waals surface area contributed by atoms with Crippen LogP contribution in [0.5, 0.6) is 0 Å². The molecule has 1 aliphatic rings. The van der Waals surface area contributed by atoms with Gasteiger partial charge in [0.25, 0.3) is 5.56 Å². The van der Waals surface area contributed by atoms with Gasteiger partial charge >= 0.3 is 6.18 Å². The van der Waals surface area contributed by atoms with Crippen LogP contribution in [0.3, 0.4) is 0 Å². The van der Waals surface area contributed by atoms with Crippen molar-refractivity contribution >= 4 is 5.91 Å². The molecule has 1 aliphatic carbocycles. The predicted octanol–water partition coefficient (Wildman–Crippen LogP) is 1.68. The third-order valence-electron chi connectivity index (χ3n) is 3.65. The quantitative estimate of drug-likeness (QED) is 0.919. The van der Waals surface area contributed by atoms with Crippen molar-refractivity contribution < 1.29 is 18.0 Å². The highest BCUT2D eigenvalue weighted by molar-refractivity contribution is 5.77. The van der Waals surface area contributed by atoms with Crippen LogP contribution in [0, 0.1) is 17.2 Å². The Bertz CT molecular complexity index is 686. The van der Waals surface area contributed by atoms with E-state index in [0.717, 1.165) is 18.9 Å². The molecule has 0 saturated heterocycles. The highest BCUT2D eigenvalue weighted by atomic mass is 19.4. The highest BCUT2D eigenvalue weighted by Gasteiger charge is 2.43. The van der Waals surface area contributed by atoms with Crippen LogP contribution >= 0.6 is 0 Å². The Morgan fingerprint density at radius 1 is 1.45 bits per heavy atom. The molecule has 1 aromatic rings. The number of rotatable bonds is 4. The van der Waals surface area contributed by atoms with Gasteiger partial charge in [-0.25, -0.2) is 0 Å². The van der Waals surface area contributed by atoms with E-state index in [1.54, 1.807) is 6.92 Å². The van der Waals surface area contributed by atoms with Gasteiger partial charge in [0.2, 0.25) is 5.91 Å². The van der Waals surface area contributed by atoms with Crippen LogP contribution in [0.15, 0.2) is 23.1 Å². The molecule has 1 fully saturated rings. The van der Waals surface area contributed by atoms with E-state index in [-0.39, 0.29) is 5.92 Å². The maximum atomic E-state index is 12.6. The molecule has 1 atom stereocenters. The van der Waals surface area contributed by atoms with Gasteiger partial charge in [0, 0.05) is 12.3 Å². The first kappa shape index (κ1) is 16.1. The lowest BCUT2D eigenvalue weighted by molar-refractivity contribution is -0.138. The van der Waals surface area contributed by atoms with Gasteiger partial charge < -0.3 is 9.88 Å². The molecule has 8 heteroatoms. The zero-order valence-corrected chi connectivity index (χ0v) is 11.8. The standard InChI is InChI=1S/C14H14F3N3O2/c1-13(8-18,9-2-3-9)19-11(21)7-20-6-10(14(15,16)17)4-5-12(20)22/h4-6,9H,2-3,7H2,1H3,(H,19,21). The first-order chi connectivity index (χ1) is 10.2. The zero-order valence-electron chi connectivity index (χ0n) is 11.8. The molecular formula is C14H14F3N3O2.